The predicted molar refractivity (Wildman–Crippen MR) is 98.2 cm³/mol. The molecular formula is C18H31N3O3. The molecule has 24 heavy (non-hydrogen) atoms. The smallest absolute Gasteiger partial charge is 0.191 e. The molecule has 0 amide bonds. The number of nitrogens with one attached hydrogen (secondary N) is 2. The third-order valence-electron chi connectivity index (χ3n) is 3.33. The normalized spacial score (nSPS) is 11.2. The Morgan fingerprint density at radius 1 is 1.04 bits per heavy atom. The summed E-state index contributed by atoms with van der Waals surface area (Å²) in [6.45, 7) is 5.85. The molecule has 0 heterocycles. The molecule has 1 aromatic carbocycles. The Kier molecular flexibility index (Phi) is 11.3. The van der Waals surface area contributed by atoms with Crippen LogP contribution in [0.25, 0.3) is 0 Å². The Hall–Kier alpha value is -1.95. The highest BCUT2D eigenvalue weighted by Crippen LogP contribution is 2.18. The summed E-state index contributed by atoms with van der Waals surface area (Å²) in [4.78, 5) is 4.19. The highest BCUT2D eigenvalue weighted by atomic mass is 16.5. The molecule has 0 spiro atoms. The van der Waals surface area contributed by atoms with E-state index in [9.17, 15) is 0 Å². The minimum atomic E-state index is 0.550. The molecule has 0 saturated carbocycles. The van der Waals surface area contributed by atoms with E-state index in [1.54, 1.807) is 14.2 Å². The maximum atomic E-state index is 5.68. The molecule has 6 nitrogen and oxygen atoms in total. The van der Waals surface area contributed by atoms with Crippen LogP contribution in [0.2, 0.25) is 0 Å². The van der Waals surface area contributed by atoms with Crippen LogP contribution in [-0.4, -0.2) is 53.0 Å². The Morgan fingerprint density at radius 2 is 1.79 bits per heavy atom. The molecule has 2 N–H and O–H groups in total. The molecule has 136 valence electrons. The fourth-order valence-corrected chi connectivity index (χ4v) is 1.98. The number of methoxy groups -OCH3 is 1. The van der Waals surface area contributed by atoms with Crippen LogP contribution in [0.4, 0.5) is 0 Å². The Morgan fingerprint density at radius 3 is 2.54 bits per heavy atom. The number of guanidine groups is 1. The molecule has 0 fully saturated rings. The zero-order valence-electron chi connectivity index (χ0n) is 15.1. The first-order valence-corrected chi connectivity index (χ1v) is 8.59. The third-order valence-corrected chi connectivity index (χ3v) is 3.33. The van der Waals surface area contributed by atoms with Crippen LogP contribution in [-0.2, 0) is 4.74 Å². The van der Waals surface area contributed by atoms with E-state index in [0.717, 1.165) is 50.1 Å². The Labute approximate surface area is 145 Å². The summed E-state index contributed by atoms with van der Waals surface area (Å²) >= 11 is 0. The molecule has 0 aromatic heterocycles. The second kappa shape index (κ2) is 13.5. The number of hydrogen-bond acceptors (Lipinski definition) is 4. The standard InChI is InChI=1S/C18H31N3O3/c1-4-5-12-23-13-7-10-20-18(19-2)21-11-14-24-17-9-6-8-16(15-17)22-3/h6,8-9,15H,4-5,7,10-14H2,1-3H3,(H2,19,20,21). The van der Waals surface area contributed by atoms with Crippen molar-refractivity contribution in [1.82, 2.24) is 10.6 Å². The zero-order chi connectivity index (χ0) is 17.5. The van der Waals surface area contributed by atoms with Gasteiger partial charge in [-0.15, -0.1) is 0 Å². The lowest BCUT2D eigenvalue weighted by Gasteiger charge is -2.13. The van der Waals surface area contributed by atoms with Gasteiger partial charge in [-0.1, -0.05) is 19.4 Å². The number of ether oxygens (including phenoxy) is 3. The summed E-state index contributed by atoms with van der Waals surface area (Å²) in [5, 5.41) is 6.48. The van der Waals surface area contributed by atoms with Crippen molar-refractivity contribution in [3.8, 4) is 11.5 Å². The SMILES string of the molecule is CCCCOCCCNC(=NC)NCCOc1cccc(OC)c1. The Bertz CT molecular complexity index is 467. The van der Waals surface area contributed by atoms with Crippen LogP contribution in [0.15, 0.2) is 29.3 Å². The van der Waals surface area contributed by atoms with Crippen molar-refractivity contribution in [2.45, 2.75) is 26.2 Å². The number of rotatable bonds is 12. The van der Waals surface area contributed by atoms with E-state index < -0.39 is 0 Å². The molecule has 0 aliphatic rings. The van der Waals surface area contributed by atoms with Gasteiger partial charge in [0.15, 0.2) is 5.96 Å². The van der Waals surface area contributed by atoms with Crippen molar-refractivity contribution >= 4 is 5.96 Å². The number of nitrogens with zero attached hydrogens (tertiary/aromatic N) is 1. The van der Waals surface area contributed by atoms with Gasteiger partial charge in [0.05, 0.1) is 13.7 Å². The van der Waals surface area contributed by atoms with Crippen molar-refractivity contribution in [1.29, 1.82) is 0 Å². The van der Waals surface area contributed by atoms with Crippen LogP contribution in [0.1, 0.15) is 26.2 Å². The maximum absolute atomic E-state index is 5.68. The number of unbranched alkanes of at least 4 members (excludes halogenated alkanes) is 1. The van der Waals surface area contributed by atoms with Gasteiger partial charge in [0.25, 0.3) is 0 Å². The van der Waals surface area contributed by atoms with Gasteiger partial charge < -0.3 is 24.8 Å². The van der Waals surface area contributed by atoms with Crippen molar-refractivity contribution in [2.75, 3.05) is 47.1 Å². The summed E-state index contributed by atoms with van der Waals surface area (Å²) < 4.78 is 16.4. The summed E-state index contributed by atoms with van der Waals surface area (Å²) in [5.74, 6) is 2.36. The first-order chi connectivity index (χ1) is 11.8. The minimum absolute atomic E-state index is 0.550. The number of hydrogen-bond donors (Lipinski definition) is 2. The monoisotopic (exact) mass is 337 g/mol. The lowest BCUT2D eigenvalue weighted by Crippen LogP contribution is -2.39. The van der Waals surface area contributed by atoms with E-state index in [-0.39, 0.29) is 0 Å². The first kappa shape index (κ1) is 20.1. The van der Waals surface area contributed by atoms with E-state index in [0.29, 0.717) is 13.2 Å². The van der Waals surface area contributed by atoms with Gasteiger partial charge in [-0.25, -0.2) is 0 Å². The average Bonchev–Trinajstić information content (AvgIpc) is 2.62. The molecular weight excluding hydrogens is 306 g/mol. The highest BCUT2D eigenvalue weighted by Gasteiger charge is 1.99. The van der Waals surface area contributed by atoms with Crippen LogP contribution >= 0.6 is 0 Å². The quantitative estimate of drug-likeness (QED) is 0.348. The number of benzene rings is 1. The summed E-state index contributed by atoms with van der Waals surface area (Å²) in [6, 6.07) is 7.58. The topological polar surface area (TPSA) is 64.1 Å². The van der Waals surface area contributed by atoms with E-state index in [1.165, 1.54) is 6.42 Å². The Balaban J connectivity index is 2.09. The number of aliphatic imine (C=N–C) groups is 1. The zero-order valence-corrected chi connectivity index (χ0v) is 15.1. The maximum Gasteiger partial charge on any atom is 0.191 e. The summed E-state index contributed by atoms with van der Waals surface area (Å²) in [5.41, 5.74) is 0. The van der Waals surface area contributed by atoms with Crippen molar-refractivity contribution < 1.29 is 14.2 Å². The molecule has 1 rings (SSSR count). The van der Waals surface area contributed by atoms with Gasteiger partial charge in [0.2, 0.25) is 0 Å². The molecule has 1 aromatic rings. The van der Waals surface area contributed by atoms with Gasteiger partial charge in [0.1, 0.15) is 18.1 Å². The predicted octanol–water partition coefficient (Wildman–Crippen LogP) is 2.45. The molecule has 0 atom stereocenters. The largest absolute Gasteiger partial charge is 0.497 e. The van der Waals surface area contributed by atoms with E-state index >= 15 is 0 Å². The first-order valence-electron chi connectivity index (χ1n) is 8.59. The second-order valence-electron chi connectivity index (χ2n) is 5.27. The second-order valence-corrected chi connectivity index (χ2v) is 5.27. The highest BCUT2D eigenvalue weighted by molar-refractivity contribution is 5.79. The van der Waals surface area contributed by atoms with Gasteiger partial charge in [0, 0.05) is 32.9 Å². The van der Waals surface area contributed by atoms with Gasteiger partial charge in [-0.3, -0.25) is 4.99 Å². The van der Waals surface area contributed by atoms with Crippen LogP contribution in [0.5, 0.6) is 11.5 Å². The van der Waals surface area contributed by atoms with E-state index in [2.05, 4.69) is 22.5 Å². The molecule has 0 saturated heterocycles. The minimum Gasteiger partial charge on any atom is -0.497 e. The fourth-order valence-electron chi connectivity index (χ4n) is 1.98. The molecule has 0 bridgehead atoms. The van der Waals surface area contributed by atoms with E-state index in [1.807, 2.05) is 24.3 Å². The lowest BCUT2D eigenvalue weighted by atomic mass is 10.3. The molecule has 0 unspecified atom stereocenters. The van der Waals surface area contributed by atoms with Gasteiger partial charge >= 0.3 is 0 Å². The summed E-state index contributed by atoms with van der Waals surface area (Å²) in [7, 11) is 3.40. The van der Waals surface area contributed by atoms with Crippen molar-refractivity contribution in [2.24, 2.45) is 4.99 Å². The third kappa shape index (κ3) is 9.25. The van der Waals surface area contributed by atoms with Crippen LogP contribution < -0.4 is 20.1 Å². The molecule has 6 heteroatoms. The average molecular weight is 337 g/mol. The molecule has 0 aliphatic heterocycles. The summed E-state index contributed by atoms with van der Waals surface area (Å²) in [6.07, 6.45) is 3.27. The van der Waals surface area contributed by atoms with Crippen LogP contribution in [0, 0.1) is 0 Å². The van der Waals surface area contributed by atoms with E-state index in [4.69, 9.17) is 14.2 Å². The van der Waals surface area contributed by atoms with Gasteiger partial charge in [-0.05, 0) is 25.0 Å². The van der Waals surface area contributed by atoms with Gasteiger partial charge in [-0.2, -0.15) is 0 Å². The van der Waals surface area contributed by atoms with Crippen molar-refractivity contribution in [3.05, 3.63) is 24.3 Å². The molecule has 0 aliphatic carbocycles. The molecule has 0 radical (unpaired) electrons. The fraction of sp³-hybridized carbons (Fsp3) is 0.611. The van der Waals surface area contributed by atoms with Crippen molar-refractivity contribution in [3.63, 3.8) is 0 Å². The van der Waals surface area contributed by atoms with Crippen LogP contribution in [0.3, 0.4) is 0 Å². The lowest BCUT2D eigenvalue weighted by molar-refractivity contribution is 0.129.